The molecule has 20 heavy (non-hydrogen) atoms. The molecule has 0 radical (unpaired) electrons. The zero-order valence-corrected chi connectivity index (χ0v) is 12.5. The van der Waals surface area contributed by atoms with Gasteiger partial charge in [-0.1, -0.05) is 6.07 Å². The zero-order chi connectivity index (χ0) is 15.0. The number of hydrogen-bond donors (Lipinski definition) is 2. The van der Waals surface area contributed by atoms with Crippen LogP contribution in [0.15, 0.2) is 41.4 Å². The maximum atomic E-state index is 12.5. The predicted molar refractivity (Wildman–Crippen MR) is 77.8 cm³/mol. The molecule has 108 valence electrons. The van der Waals surface area contributed by atoms with Gasteiger partial charge in [0.1, 0.15) is 0 Å². The third-order valence-electron chi connectivity index (χ3n) is 3.34. The fourth-order valence-electron chi connectivity index (χ4n) is 1.80. The lowest BCUT2D eigenvalue weighted by atomic mass is 10.0. The molecule has 1 aromatic carbocycles. The van der Waals surface area contributed by atoms with E-state index in [4.69, 9.17) is 0 Å². The molecule has 0 fully saturated rings. The first-order chi connectivity index (χ1) is 9.24. The van der Waals surface area contributed by atoms with Gasteiger partial charge in [0.05, 0.1) is 22.1 Å². The fourth-order valence-corrected chi connectivity index (χ4v) is 3.49. The SMILES string of the molecule is CC(O)C(C)(C)NS(=O)(=O)c1cccc2ncccc12. The minimum atomic E-state index is -3.74. The Labute approximate surface area is 118 Å². The van der Waals surface area contributed by atoms with Crippen molar-refractivity contribution in [3.8, 4) is 0 Å². The molecule has 0 saturated carbocycles. The third-order valence-corrected chi connectivity index (χ3v) is 5.07. The number of aliphatic hydroxyl groups is 1. The van der Waals surface area contributed by atoms with Gasteiger partial charge in [0, 0.05) is 11.6 Å². The number of pyridine rings is 1. The Hall–Kier alpha value is -1.50. The summed E-state index contributed by atoms with van der Waals surface area (Å²) in [5.41, 5.74) is -0.339. The topological polar surface area (TPSA) is 79.3 Å². The van der Waals surface area contributed by atoms with E-state index in [1.54, 1.807) is 51.2 Å². The van der Waals surface area contributed by atoms with Gasteiger partial charge in [0.2, 0.25) is 10.0 Å². The highest BCUT2D eigenvalue weighted by atomic mass is 32.2. The van der Waals surface area contributed by atoms with E-state index in [0.717, 1.165) is 0 Å². The predicted octanol–water partition coefficient (Wildman–Crippen LogP) is 1.67. The number of rotatable bonds is 4. The van der Waals surface area contributed by atoms with Gasteiger partial charge < -0.3 is 5.11 Å². The summed E-state index contributed by atoms with van der Waals surface area (Å²) >= 11 is 0. The van der Waals surface area contributed by atoms with Gasteiger partial charge in [0.15, 0.2) is 0 Å². The lowest BCUT2D eigenvalue weighted by Gasteiger charge is -2.29. The standard InChI is InChI=1S/C14H18N2O3S/c1-10(17)14(2,3)16-20(18,19)13-8-4-7-12-11(13)6-5-9-15-12/h4-10,16-17H,1-3H3. The smallest absolute Gasteiger partial charge is 0.241 e. The maximum absolute atomic E-state index is 12.5. The minimum Gasteiger partial charge on any atom is -0.391 e. The van der Waals surface area contributed by atoms with E-state index < -0.39 is 21.7 Å². The Kier molecular flexibility index (Phi) is 3.82. The summed E-state index contributed by atoms with van der Waals surface area (Å²) in [7, 11) is -3.74. The van der Waals surface area contributed by atoms with Gasteiger partial charge >= 0.3 is 0 Å². The van der Waals surface area contributed by atoms with Crippen LogP contribution in [0.25, 0.3) is 10.9 Å². The van der Waals surface area contributed by atoms with E-state index in [2.05, 4.69) is 9.71 Å². The molecule has 1 heterocycles. The van der Waals surface area contributed by atoms with Gasteiger partial charge in [0.25, 0.3) is 0 Å². The number of hydrogen-bond acceptors (Lipinski definition) is 4. The van der Waals surface area contributed by atoms with Crippen molar-refractivity contribution >= 4 is 20.9 Å². The summed E-state index contributed by atoms with van der Waals surface area (Å²) in [4.78, 5) is 4.31. The van der Waals surface area contributed by atoms with Gasteiger partial charge in [-0.2, -0.15) is 0 Å². The maximum Gasteiger partial charge on any atom is 0.241 e. The summed E-state index contributed by atoms with van der Waals surface area (Å²) < 4.78 is 27.6. The van der Waals surface area contributed by atoms with Gasteiger partial charge in [-0.05, 0) is 45.0 Å². The number of nitrogens with zero attached hydrogens (tertiary/aromatic N) is 1. The Morgan fingerprint density at radius 3 is 2.60 bits per heavy atom. The Balaban J connectivity index is 2.53. The molecule has 0 saturated heterocycles. The second-order valence-electron chi connectivity index (χ2n) is 5.33. The van der Waals surface area contributed by atoms with Crippen LogP contribution in [0.5, 0.6) is 0 Å². The van der Waals surface area contributed by atoms with E-state index >= 15 is 0 Å². The number of benzene rings is 1. The first-order valence-electron chi connectivity index (χ1n) is 6.30. The molecule has 6 heteroatoms. The summed E-state index contributed by atoms with van der Waals surface area (Å²) in [6.07, 6.45) is 0.802. The van der Waals surface area contributed by atoms with E-state index in [-0.39, 0.29) is 4.90 Å². The highest BCUT2D eigenvalue weighted by Gasteiger charge is 2.31. The molecule has 0 aliphatic rings. The van der Waals surface area contributed by atoms with Crippen molar-refractivity contribution < 1.29 is 13.5 Å². The second-order valence-corrected chi connectivity index (χ2v) is 6.98. The number of aromatic nitrogens is 1. The molecule has 2 aromatic rings. The minimum absolute atomic E-state index is 0.164. The summed E-state index contributed by atoms with van der Waals surface area (Å²) in [5.74, 6) is 0. The second kappa shape index (κ2) is 5.12. The van der Waals surface area contributed by atoms with E-state index in [9.17, 15) is 13.5 Å². The number of fused-ring (bicyclic) bond motifs is 1. The van der Waals surface area contributed by atoms with E-state index in [1.165, 1.54) is 6.07 Å². The van der Waals surface area contributed by atoms with Crippen LogP contribution in [0, 0.1) is 0 Å². The molecular weight excluding hydrogens is 276 g/mol. The number of nitrogens with one attached hydrogen (secondary N) is 1. The monoisotopic (exact) mass is 294 g/mol. The molecule has 0 aliphatic carbocycles. The van der Waals surface area contributed by atoms with Crippen LogP contribution in [0.4, 0.5) is 0 Å². The molecule has 0 amide bonds. The lowest BCUT2D eigenvalue weighted by Crippen LogP contribution is -2.50. The largest absolute Gasteiger partial charge is 0.391 e. The number of aliphatic hydroxyl groups excluding tert-OH is 1. The van der Waals surface area contributed by atoms with Crippen molar-refractivity contribution in [3.63, 3.8) is 0 Å². The Morgan fingerprint density at radius 1 is 1.25 bits per heavy atom. The number of sulfonamides is 1. The van der Waals surface area contributed by atoms with Crippen LogP contribution >= 0.6 is 0 Å². The molecule has 5 nitrogen and oxygen atoms in total. The summed E-state index contributed by atoms with van der Waals surface area (Å²) in [5, 5.41) is 10.2. The Morgan fingerprint density at radius 2 is 1.95 bits per heavy atom. The molecule has 1 aromatic heterocycles. The van der Waals surface area contributed by atoms with Crippen molar-refractivity contribution in [3.05, 3.63) is 36.5 Å². The molecule has 0 spiro atoms. The van der Waals surface area contributed by atoms with Crippen molar-refractivity contribution in [1.82, 2.24) is 9.71 Å². The molecule has 1 atom stereocenters. The van der Waals surface area contributed by atoms with Crippen LogP contribution in [0.1, 0.15) is 20.8 Å². The quantitative estimate of drug-likeness (QED) is 0.899. The van der Waals surface area contributed by atoms with E-state index in [0.29, 0.717) is 10.9 Å². The molecule has 2 rings (SSSR count). The highest BCUT2D eigenvalue weighted by Crippen LogP contribution is 2.23. The zero-order valence-electron chi connectivity index (χ0n) is 11.7. The fraction of sp³-hybridized carbons (Fsp3) is 0.357. The van der Waals surface area contributed by atoms with Crippen LogP contribution < -0.4 is 4.72 Å². The third kappa shape index (κ3) is 2.82. The van der Waals surface area contributed by atoms with Crippen molar-refractivity contribution in [2.75, 3.05) is 0 Å². The van der Waals surface area contributed by atoms with Crippen LogP contribution in [-0.2, 0) is 10.0 Å². The first kappa shape index (κ1) is 14.9. The Bertz CT molecular complexity index is 719. The molecule has 1 unspecified atom stereocenters. The molecule has 2 N–H and O–H groups in total. The van der Waals surface area contributed by atoms with Gasteiger partial charge in [-0.25, -0.2) is 13.1 Å². The van der Waals surface area contributed by atoms with Crippen LogP contribution in [0.2, 0.25) is 0 Å². The highest BCUT2D eigenvalue weighted by molar-refractivity contribution is 7.89. The molecule has 0 aliphatic heterocycles. The summed E-state index contributed by atoms with van der Waals surface area (Å²) in [6, 6.07) is 8.35. The molecular formula is C14H18N2O3S. The average molecular weight is 294 g/mol. The van der Waals surface area contributed by atoms with Crippen molar-refractivity contribution in [2.24, 2.45) is 0 Å². The van der Waals surface area contributed by atoms with Crippen LogP contribution in [-0.4, -0.2) is 30.2 Å². The van der Waals surface area contributed by atoms with Crippen LogP contribution in [0.3, 0.4) is 0 Å². The molecule has 0 bridgehead atoms. The van der Waals surface area contributed by atoms with Crippen molar-refractivity contribution in [1.29, 1.82) is 0 Å². The van der Waals surface area contributed by atoms with Crippen molar-refractivity contribution in [2.45, 2.75) is 37.3 Å². The lowest BCUT2D eigenvalue weighted by molar-refractivity contribution is 0.111. The van der Waals surface area contributed by atoms with Gasteiger partial charge in [-0.3, -0.25) is 4.98 Å². The normalized spacial score (nSPS) is 14.4. The first-order valence-corrected chi connectivity index (χ1v) is 7.78. The summed E-state index contributed by atoms with van der Waals surface area (Å²) in [6.45, 7) is 4.82. The van der Waals surface area contributed by atoms with E-state index in [1.807, 2.05) is 0 Å². The van der Waals surface area contributed by atoms with Gasteiger partial charge in [-0.15, -0.1) is 0 Å². The average Bonchev–Trinajstić information content (AvgIpc) is 2.36.